The number of fused-ring (bicyclic) bond motifs is 1. The molecule has 1 aromatic heterocycles. The second-order valence-electron chi connectivity index (χ2n) is 6.62. The van der Waals surface area contributed by atoms with Gasteiger partial charge in [-0.25, -0.2) is 19.6 Å². The molecule has 8 heteroatoms. The first-order chi connectivity index (χ1) is 14.0. The van der Waals surface area contributed by atoms with Crippen molar-refractivity contribution in [2.75, 3.05) is 6.54 Å². The molecule has 2 aromatic carbocycles. The van der Waals surface area contributed by atoms with Crippen LogP contribution in [0.2, 0.25) is 0 Å². The number of amides is 3. The summed E-state index contributed by atoms with van der Waals surface area (Å²) in [5.74, 6) is -0.887. The molecule has 1 fully saturated rings. The van der Waals surface area contributed by atoms with Gasteiger partial charge < -0.3 is 10.1 Å². The van der Waals surface area contributed by atoms with Crippen molar-refractivity contribution in [1.82, 2.24) is 20.2 Å². The van der Waals surface area contributed by atoms with E-state index in [1.165, 1.54) is 0 Å². The Bertz CT molecular complexity index is 1110. The van der Waals surface area contributed by atoms with Crippen LogP contribution in [-0.2, 0) is 22.7 Å². The highest BCUT2D eigenvalue weighted by atomic mass is 16.5. The third kappa shape index (κ3) is 3.77. The number of rotatable bonds is 5. The molecule has 3 aromatic rings. The Hall–Kier alpha value is -3.81. The van der Waals surface area contributed by atoms with E-state index in [1.807, 2.05) is 31.2 Å². The smallest absolute Gasteiger partial charge is 0.338 e. The largest absolute Gasteiger partial charge is 0.455 e. The Balaban J connectivity index is 1.51. The van der Waals surface area contributed by atoms with Crippen molar-refractivity contribution in [1.29, 1.82) is 0 Å². The number of ether oxygens (including phenoxy) is 1. The molecule has 29 heavy (non-hydrogen) atoms. The maximum atomic E-state index is 12.7. The average Bonchev–Trinajstić information content (AvgIpc) is 3.04. The molecule has 0 aliphatic carbocycles. The lowest BCUT2D eigenvalue weighted by Crippen LogP contribution is -2.31. The van der Waals surface area contributed by atoms with Crippen LogP contribution in [-0.4, -0.2) is 39.3 Å². The van der Waals surface area contributed by atoms with E-state index in [9.17, 15) is 14.4 Å². The van der Waals surface area contributed by atoms with E-state index in [1.54, 1.807) is 24.3 Å². The van der Waals surface area contributed by atoms with Crippen LogP contribution >= 0.6 is 0 Å². The number of benzene rings is 2. The van der Waals surface area contributed by atoms with Crippen LogP contribution in [0.1, 0.15) is 27.3 Å². The molecule has 0 spiro atoms. The summed E-state index contributed by atoms with van der Waals surface area (Å²) in [6.45, 7) is 1.75. The number of esters is 1. The fourth-order valence-electron chi connectivity index (χ4n) is 3.12. The lowest BCUT2D eigenvalue weighted by Gasteiger charge is -2.15. The van der Waals surface area contributed by atoms with Gasteiger partial charge >= 0.3 is 12.0 Å². The van der Waals surface area contributed by atoms with Gasteiger partial charge in [-0.15, -0.1) is 0 Å². The molecule has 146 valence electrons. The normalized spacial score (nSPS) is 13.6. The first kappa shape index (κ1) is 18.5. The van der Waals surface area contributed by atoms with Crippen LogP contribution in [0.3, 0.4) is 0 Å². The maximum absolute atomic E-state index is 12.7. The van der Waals surface area contributed by atoms with Gasteiger partial charge in [0.1, 0.15) is 6.61 Å². The quantitative estimate of drug-likeness (QED) is 0.530. The van der Waals surface area contributed by atoms with E-state index >= 15 is 0 Å². The minimum atomic E-state index is -0.554. The van der Waals surface area contributed by atoms with E-state index in [-0.39, 0.29) is 25.6 Å². The number of carbonyl (C=O) groups is 3. The van der Waals surface area contributed by atoms with E-state index in [0.29, 0.717) is 22.5 Å². The monoisotopic (exact) mass is 390 g/mol. The van der Waals surface area contributed by atoms with Gasteiger partial charge in [0.05, 0.1) is 41.1 Å². The zero-order chi connectivity index (χ0) is 20.4. The van der Waals surface area contributed by atoms with Gasteiger partial charge in [0, 0.05) is 0 Å². The fraction of sp³-hybridized carbons (Fsp3) is 0.190. The summed E-state index contributed by atoms with van der Waals surface area (Å²) in [7, 11) is 0. The minimum Gasteiger partial charge on any atom is -0.455 e. The van der Waals surface area contributed by atoms with Gasteiger partial charge in [0.15, 0.2) is 0 Å². The standard InChI is InChI=1S/C21H18N4O4/c1-13-18(24-17-9-5-4-8-16(17)23-13)12-29-20(27)15-7-3-2-6-14(15)11-25-19(26)10-22-21(25)28/h2-9H,10-12H2,1H3,(H,22,28). The van der Waals surface area contributed by atoms with Crippen molar-refractivity contribution in [3.05, 3.63) is 71.0 Å². The summed E-state index contributed by atoms with van der Waals surface area (Å²) in [6.07, 6.45) is 0. The molecule has 4 rings (SSSR count). The molecular formula is C21H18N4O4. The number of para-hydroxylation sites is 2. The lowest BCUT2D eigenvalue weighted by molar-refractivity contribution is -0.125. The Morgan fingerprint density at radius 2 is 1.76 bits per heavy atom. The molecule has 1 aliphatic rings. The van der Waals surface area contributed by atoms with Gasteiger partial charge in [0.2, 0.25) is 5.91 Å². The van der Waals surface area contributed by atoms with E-state index < -0.39 is 12.0 Å². The Morgan fingerprint density at radius 3 is 2.48 bits per heavy atom. The summed E-state index contributed by atoms with van der Waals surface area (Å²) in [4.78, 5) is 46.4. The summed E-state index contributed by atoms with van der Waals surface area (Å²) in [5, 5.41) is 2.46. The van der Waals surface area contributed by atoms with Crippen LogP contribution < -0.4 is 5.32 Å². The topological polar surface area (TPSA) is 101 Å². The first-order valence-electron chi connectivity index (χ1n) is 9.08. The molecule has 0 atom stereocenters. The van der Waals surface area contributed by atoms with Crippen molar-refractivity contribution in [3.8, 4) is 0 Å². The molecule has 0 radical (unpaired) electrons. The van der Waals surface area contributed by atoms with Crippen molar-refractivity contribution in [3.63, 3.8) is 0 Å². The minimum absolute atomic E-state index is 0.00471. The van der Waals surface area contributed by atoms with Gasteiger partial charge in [-0.05, 0) is 30.7 Å². The molecule has 1 saturated heterocycles. The number of urea groups is 1. The summed E-state index contributed by atoms with van der Waals surface area (Å²) in [5.41, 5.74) is 3.59. The number of hydrogen-bond donors (Lipinski definition) is 1. The molecule has 1 N–H and O–H groups in total. The molecule has 1 aliphatic heterocycles. The summed E-state index contributed by atoms with van der Waals surface area (Å²) >= 11 is 0. The number of imide groups is 1. The van der Waals surface area contributed by atoms with Crippen LogP contribution in [0, 0.1) is 6.92 Å². The molecule has 0 saturated carbocycles. The fourth-order valence-corrected chi connectivity index (χ4v) is 3.12. The predicted molar refractivity (Wildman–Crippen MR) is 104 cm³/mol. The van der Waals surface area contributed by atoms with Crippen LogP contribution in [0.4, 0.5) is 4.79 Å². The van der Waals surface area contributed by atoms with E-state index in [0.717, 1.165) is 15.9 Å². The van der Waals surface area contributed by atoms with Crippen molar-refractivity contribution >= 4 is 28.9 Å². The molecule has 3 amide bonds. The van der Waals surface area contributed by atoms with Gasteiger partial charge in [0.25, 0.3) is 0 Å². The van der Waals surface area contributed by atoms with Crippen molar-refractivity contribution < 1.29 is 19.1 Å². The number of nitrogens with zero attached hydrogens (tertiary/aromatic N) is 3. The second kappa shape index (κ2) is 7.67. The second-order valence-corrected chi connectivity index (χ2v) is 6.62. The van der Waals surface area contributed by atoms with E-state index in [2.05, 4.69) is 15.3 Å². The zero-order valence-electron chi connectivity index (χ0n) is 15.7. The highest BCUT2D eigenvalue weighted by Gasteiger charge is 2.29. The number of aromatic nitrogens is 2. The SMILES string of the molecule is Cc1nc2ccccc2nc1COC(=O)c1ccccc1CN1C(=O)CNC1=O. The third-order valence-electron chi connectivity index (χ3n) is 4.69. The molecule has 0 bridgehead atoms. The van der Waals surface area contributed by atoms with Gasteiger partial charge in [-0.1, -0.05) is 30.3 Å². The molecular weight excluding hydrogens is 372 g/mol. The Morgan fingerprint density at radius 1 is 1.07 bits per heavy atom. The zero-order valence-corrected chi connectivity index (χ0v) is 15.7. The van der Waals surface area contributed by atoms with Crippen LogP contribution in [0.15, 0.2) is 48.5 Å². The predicted octanol–water partition coefficient (Wildman–Crippen LogP) is 2.35. The molecule has 0 unspecified atom stereocenters. The number of aryl methyl sites for hydroxylation is 1. The van der Waals surface area contributed by atoms with Crippen molar-refractivity contribution in [2.45, 2.75) is 20.1 Å². The van der Waals surface area contributed by atoms with Gasteiger partial charge in [-0.3, -0.25) is 9.69 Å². The maximum Gasteiger partial charge on any atom is 0.338 e. The average molecular weight is 390 g/mol. The van der Waals surface area contributed by atoms with Crippen LogP contribution in [0.5, 0.6) is 0 Å². The van der Waals surface area contributed by atoms with E-state index in [4.69, 9.17) is 4.74 Å². The molecule has 2 heterocycles. The lowest BCUT2D eigenvalue weighted by atomic mass is 10.1. The Kier molecular flexibility index (Phi) is 4.90. The van der Waals surface area contributed by atoms with Crippen molar-refractivity contribution in [2.24, 2.45) is 0 Å². The summed E-state index contributed by atoms with van der Waals surface area (Å²) < 4.78 is 5.46. The first-order valence-corrected chi connectivity index (χ1v) is 9.08. The number of nitrogens with one attached hydrogen (secondary N) is 1. The third-order valence-corrected chi connectivity index (χ3v) is 4.69. The molecule has 8 nitrogen and oxygen atoms in total. The summed E-state index contributed by atoms with van der Waals surface area (Å²) in [6, 6.07) is 13.7. The highest BCUT2D eigenvalue weighted by Crippen LogP contribution is 2.17. The van der Waals surface area contributed by atoms with Gasteiger partial charge in [-0.2, -0.15) is 0 Å². The Labute approximate surface area is 166 Å². The van der Waals surface area contributed by atoms with Crippen LogP contribution in [0.25, 0.3) is 11.0 Å². The number of hydrogen-bond acceptors (Lipinski definition) is 6. The highest BCUT2D eigenvalue weighted by molar-refractivity contribution is 6.02. The number of carbonyl (C=O) groups excluding carboxylic acids is 3.